The van der Waals surface area contributed by atoms with Crippen LogP contribution < -0.4 is 0 Å². The predicted octanol–water partition coefficient (Wildman–Crippen LogP) is 2.18. The van der Waals surface area contributed by atoms with E-state index in [1.165, 1.54) is 0 Å². The molecule has 0 bridgehead atoms. The molecule has 0 aromatic heterocycles. The second kappa shape index (κ2) is 5.47. The van der Waals surface area contributed by atoms with Gasteiger partial charge in [-0.1, -0.05) is 36.1 Å². The van der Waals surface area contributed by atoms with Crippen LogP contribution in [-0.2, 0) is 6.37 Å². The van der Waals surface area contributed by atoms with Gasteiger partial charge in [-0.2, -0.15) is 0 Å². The van der Waals surface area contributed by atoms with Crippen molar-refractivity contribution in [2.24, 2.45) is 0 Å². The molecule has 0 aliphatic heterocycles. The lowest BCUT2D eigenvalue weighted by molar-refractivity contribution is 0.287. The molecule has 0 amide bonds. The molecule has 0 saturated carbocycles. The summed E-state index contributed by atoms with van der Waals surface area (Å²) in [4.78, 5) is -0.173. The Kier molecular flexibility index (Phi) is 1.03. The Morgan fingerprint density at radius 1 is 1.71 bits per heavy atom. The molecule has 1 heteroatoms. The van der Waals surface area contributed by atoms with Gasteiger partial charge < -0.3 is 0 Å². The first-order chi connectivity index (χ1) is 11.9. The summed E-state index contributed by atoms with van der Waals surface area (Å²) in [6, 6.07) is -7.44. The zero-order valence-corrected chi connectivity index (χ0v) is 7.52. The van der Waals surface area contributed by atoms with E-state index in [0.717, 1.165) is 6.92 Å². The highest BCUT2D eigenvalue weighted by molar-refractivity contribution is 5.15. The Morgan fingerprint density at radius 3 is 3.00 bits per heavy atom. The van der Waals surface area contributed by atoms with Gasteiger partial charge in [0.1, 0.15) is 0 Å². The number of benzene rings is 1. The largest absolute Gasteiger partial charge is 0.292 e. The van der Waals surface area contributed by atoms with E-state index in [1.54, 1.807) is 5.92 Å². The summed E-state index contributed by atoms with van der Waals surface area (Å²) in [6.45, 7) is -5.75. The molecule has 0 radical (unpaired) electrons. The molecule has 0 aliphatic carbocycles. The third kappa shape index (κ3) is 3.24. The second-order valence-corrected chi connectivity index (χ2v) is 2.30. The number of terminal acetylenes is 1. The number of nitrogens with zero attached hydrogens (tertiary/aromatic N) is 1. The van der Waals surface area contributed by atoms with Gasteiger partial charge in [0.05, 0.1) is 16.1 Å². The van der Waals surface area contributed by atoms with Gasteiger partial charge in [0, 0.05) is 14.2 Å². The average Bonchev–Trinajstić information content (AvgIpc) is 2.48. The molecule has 0 heterocycles. The first-order valence-electron chi connectivity index (χ1n) is 10.2. The highest BCUT2D eigenvalue weighted by Gasteiger charge is 2.07. The second-order valence-electron chi connectivity index (χ2n) is 2.30. The van der Waals surface area contributed by atoms with Crippen LogP contribution >= 0.6 is 0 Å². The van der Waals surface area contributed by atoms with E-state index < -0.39 is 61.6 Å². The highest BCUT2D eigenvalue weighted by atomic mass is 15.1. The molecule has 1 aromatic rings. The van der Waals surface area contributed by atoms with Gasteiger partial charge in [0.25, 0.3) is 0 Å². The van der Waals surface area contributed by atoms with Gasteiger partial charge in [-0.3, -0.25) is 4.90 Å². The number of likely N-dealkylation sites (N-methyl/N-ethyl adjacent to an activating group) is 1. The molecule has 0 fully saturated rings. The molecule has 74 valence electrons. The van der Waals surface area contributed by atoms with Gasteiger partial charge in [-0.25, -0.2) is 0 Å². The van der Waals surface area contributed by atoms with Crippen molar-refractivity contribution in [2.45, 2.75) is 19.3 Å². The topological polar surface area (TPSA) is 3.24 Å². The number of hydrogen-bond donors (Lipinski definition) is 0. The first kappa shape index (κ1) is 2.65. The fourth-order valence-corrected chi connectivity index (χ4v) is 0.698. The molecule has 0 unspecified atom stereocenters. The average molecular weight is 200 g/mol. The van der Waals surface area contributed by atoms with Crippen LogP contribution in [-0.4, -0.2) is 24.4 Å². The quantitative estimate of drug-likeness (QED) is 0.673. The minimum Gasteiger partial charge on any atom is -0.292 e. The maximum Gasteiger partial charge on any atom is 0.0626 e. The maximum absolute atomic E-state index is 8.35. The van der Waals surface area contributed by atoms with Crippen LogP contribution in [0, 0.1) is 12.3 Å². The molecule has 1 aromatic carbocycles. The molecule has 0 spiro atoms. The van der Waals surface area contributed by atoms with E-state index >= 15 is 0 Å². The van der Waals surface area contributed by atoms with E-state index in [2.05, 4.69) is 0 Å². The minimum absolute atomic E-state index is 0.173. The van der Waals surface area contributed by atoms with Crippen LogP contribution in [0.15, 0.2) is 30.2 Å². The molecule has 0 saturated heterocycles. The van der Waals surface area contributed by atoms with E-state index in [-0.39, 0.29) is 4.90 Å². The van der Waals surface area contributed by atoms with Crippen molar-refractivity contribution in [3.8, 4) is 12.3 Å². The van der Waals surface area contributed by atoms with E-state index in [4.69, 9.17) is 24.2 Å². The Bertz CT molecular complexity index is 758. The van der Waals surface area contributed by atoms with Gasteiger partial charge in [0.2, 0.25) is 0 Å². The Labute approximate surface area is 105 Å². The first-order valence-corrected chi connectivity index (χ1v) is 3.71. The summed E-state index contributed by atoms with van der Waals surface area (Å²) in [6.07, 6.45) is 1.81. The SMILES string of the molecule is [2H]c1c([2H])c([2H])c(C([2H])([2H])[C@]([2H])(C)N(C([2H])([2H])[2H])C([2H])([2H])C#C)c([2H])c1[2H]. The highest BCUT2D eigenvalue weighted by Crippen LogP contribution is 2.06. The summed E-state index contributed by atoms with van der Waals surface area (Å²) >= 11 is 0. The summed E-state index contributed by atoms with van der Waals surface area (Å²) < 4.78 is 101. The van der Waals surface area contributed by atoms with Crippen molar-refractivity contribution in [1.82, 2.24) is 4.90 Å². The molecule has 0 aliphatic rings. The van der Waals surface area contributed by atoms with Crippen LogP contribution in [0.25, 0.3) is 0 Å². The summed E-state index contributed by atoms with van der Waals surface area (Å²) in [7, 11) is 0. The van der Waals surface area contributed by atoms with Crippen molar-refractivity contribution in [1.29, 1.82) is 0 Å². The lowest BCUT2D eigenvalue weighted by atomic mass is 10.1. The molecule has 1 nitrogen and oxygen atoms in total. The monoisotopic (exact) mass is 200 g/mol. The maximum atomic E-state index is 8.35. The van der Waals surface area contributed by atoms with Gasteiger partial charge in [-0.05, 0) is 25.8 Å². The lowest BCUT2D eigenvalue weighted by Gasteiger charge is -2.22. The van der Waals surface area contributed by atoms with Crippen LogP contribution in [0.4, 0.5) is 0 Å². The Balaban J connectivity index is 3.89. The molecule has 1 rings (SSSR count). The van der Waals surface area contributed by atoms with Crippen LogP contribution in [0.2, 0.25) is 0 Å². The van der Waals surface area contributed by atoms with E-state index in [9.17, 15) is 0 Å². The number of rotatable bonds is 4. The molecular weight excluding hydrogens is 170 g/mol. The zero-order chi connectivity index (χ0) is 21.7. The zero-order valence-electron chi connectivity index (χ0n) is 20.5. The van der Waals surface area contributed by atoms with Crippen LogP contribution in [0.3, 0.4) is 0 Å². The molecule has 1 atom stereocenters. The van der Waals surface area contributed by atoms with E-state index in [0.29, 0.717) is 0 Å². The van der Waals surface area contributed by atoms with Crippen LogP contribution in [0.5, 0.6) is 0 Å². The van der Waals surface area contributed by atoms with Crippen LogP contribution in [0.1, 0.15) is 30.3 Å². The van der Waals surface area contributed by atoms with Crippen molar-refractivity contribution in [2.75, 3.05) is 13.5 Å². The number of hydrogen-bond acceptors (Lipinski definition) is 1. The van der Waals surface area contributed by atoms with E-state index in [1.807, 2.05) is 0 Å². The fraction of sp³-hybridized carbons (Fsp3) is 0.385. The predicted molar refractivity (Wildman–Crippen MR) is 61.1 cm³/mol. The summed E-state index contributed by atoms with van der Waals surface area (Å²) in [5.41, 5.74) is -0.965. The summed E-state index contributed by atoms with van der Waals surface area (Å²) in [5, 5.41) is 0. The molecular formula is C13H17N. The van der Waals surface area contributed by atoms with Crippen molar-refractivity contribution in [3.63, 3.8) is 0 Å². The molecule has 14 heavy (non-hydrogen) atoms. The van der Waals surface area contributed by atoms with Gasteiger partial charge in [-0.15, -0.1) is 6.42 Å². The van der Waals surface area contributed by atoms with Crippen molar-refractivity contribution >= 4 is 0 Å². The lowest BCUT2D eigenvalue weighted by Crippen LogP contribution is -2.31. The van der Waals surface area contributed by atoms with Crippen molar-refractivity contribution < 1.29 is 17.8 Å². The fourth-order valence-electron chi connectivity index (χ4n) is 0.698. The van der Waals surface area contributed by atoms with Gasteiger partial charge in [0.15, 0.2) is 0 Å². The Morgan fingerprint density at radius 2 is 2.43 bits per heavy atom. The normalized spacial score (nSPS) is 31.1. The van der Waals surface area contributed by atoms with Crippen molar-refractivity contribution in [3.05, 3.63) is 35.8 Å². The smallest absolute Gasteiger partial charge is 0.0626 e. The van der Waals surface area contributed by atoms with Gasteiger partial charge >= 0.3 is 0 Å². The summed E-state index contributed by atoms with van der Waals surface area (Å²) in [5.74, 6) is 1.55. The third-order valence-electron chi connectivity index (χ3n) is 1.32. The standard InChI is InChI=1S/C13H17N/c1-4-10-14(3)12(2)11-13-8-6-5-7-9-13/h1,5-9,12H,10-11H2,2-3H3/t12-/m0/s1/i3D3,5D,6D,7D,8D,9D,10D2,11D2,12D. The minimum atomic E-state index is -3.37. The Hall–Kier alpha value is -1.26. The third-order valence-corrected chi connectivity index (χ3v) is 1.32. The molecule has 0 N–H and O–H groups in total.